The summed E-state index contributed by atoms with van der Waals surface area (Å²) in [5.41, 5.74) is 2.34. The second kappa shape index (κ2) is 5.50. The monoisotopic (exact) mass is 273 g/mol. The van der Waals surface area contributed by atoms with Gasteiger partial charge in [0, 0.05) is 5.54 Å². The van der Waals surface area contributed by atoms with Gasteiger partial charge in [0.05, 0.1) is 6.10 Å². The largest absolute Gasteiger partial charge is 0.386 e. The second-order valence-corrected chi connectivity index (χ2v) is 7.04. The van der Waals surface area contributed by atoms with Crippen molar-refractivity contribution >= 4 is 0 Å². The Bertz CT molecular complexity index is 441. The van der Waals surface area contributed by atoms with E-state index in [0.29, 0.717) is 0 Å². The molecule has 2 heteroatoms. The summed E-state index contributed by atoms with van der Waals surface area (Å²) < 4.78 is 0. The van der Waals surface area contributed by atoms with E-state index in [0.717, 1.165) is 24.6 Å². The number of rotatable bonds is 4. The first-order chi connectivity index (χ1) is 9.59. The lowest BCUT2D eigenvalue weighted by atomic mass is 9.79. The van der Waals surface area contributed by atoms with Crippen LogP contribution in [0.1, 0.15) is 69.1 Å². The molecule has 1 aliphatic carbocycles. The number of nitrogens with zero attached hydrogens (tertiary/aromatic N) is 1. The van der Waals surface area contributed by atoms with Crippen LogP contribution in [0.15, 0.2) is 24.3 Å². The quantitative estimate of drug-likeness (QED) is 0.900. The fourth-order valence-electron chi connectivity index (χ4n) is 3.57. The van der Waals surface area contributed by atoms with Gasteiger partial charge in [-0.1, -0.05) is 30.7 Å². The molecule has 1 aliphatic heterocycles. The summed E-state index contributed by atoms with van der Waals surface area (Å²) in [5.74, 6) is 0.771. The van der Waals surface area contributed by atoms with Crippen LogP contribution in [0.5, 0.6) is 0 Å². The van der Waals surface area contributed by atoms with Crippen molar-refractivity contribution in [3.63, 3.8) is 0 Å². The van der Waals surface area contributed by atoms with Crippen LogP contribution in [0.2, 0.25) is 0 Å². The molecule has 2 nitrogen and oxygen atoms in total. The van der Waals surface area contributed by atoms with Gasteiger partial charge in [0.2, 0.25) is 0 Å². The smallest absolute Gasteiger partial charge is 0.0968 e. The lowest BCUT2D eigenvalue weighted by molar-refractivity contribution is 0.00131. The third-order valence-electron chi connectivity index (χ3n) is 5.42. The van der Waals surface area contributed by atoms with Crippen molar-refractivity contribution in [2.75, 3.05) is 13.1 Å². The Labute approximate surface area is 122 Å². The number of hydrogen-bond acceptors (Lipinski definition) is 2. The molecule has 1 N–H and O–H groups in total. The van der Waals surface area contributed by atoms with Crippen molar-refractivity contribution in [3.05, 3.63) is 35.4 Å². The Balaban J connectivity index is 1.73. The molecular weight excluding hydrogens is 246 g/mol. The van der Waals surface area contributed by atoms with Crippen LogP contribution in [0.3, 0.4) is 0 Å². The van der Waals surface area contributed by atoms with Crippen molar-refractivity contribution in [2.24, 2.45) is 0 Å². The molecule has 1 heterocycles. The summed E-state index contributed by atoms with van der Waals surface area (Å²) >= 11 is 0. The van der Waals surface area contributed by atoms with Crippen molar-refractivity contribution in [1.29, 1.82) is 0 Å². The fraction of sp³-hybridized carbons (Fsp3) is 0.667. The number of aliphatic hydroxyl groups is 1. The number of hydrogen-bond donors (Lipinski definition) is 1. The molecule has 110 valence electrons. The number of aliphatic hydroxyl groups excluding tert-OH is 1. The van der Waals surface area contributed by atoms with E-state index < -0.39 is 6.10 Å². The van der Waals surface area contributed by atoms with Gasteiger partial charge in [0.15, 0.2) is 0 Å². The van der Waals surface area contributed by atoms with Gasteiger partial charge in [-0.2, -0.15) is 0 Å². The molecule has 1 saturated carbocycles. The van der Waals surface area contributed by atoms with Crippen LogP contribution in [0.4, 0.5) is 0 Å². The summed E-state index contributed by atoms with van der Waals surface area (Å²) in [6, 6.07) is 8.72. The van der Waals surface area contributed by atoms with E-state index in [1.807, 2.05) is 0 Å². The van der Waals surface area contributed by atoms with Gasteiger partial charge in [0.25, 0.3) is 0 Å². The zero-order valence-corrected chi connectivity index (χ0v) is 12.8. The Morgan fingerprint density at radius 2 is 1.65 bits per heavy atom. The molecular formula is C18H27NO. The number of likely N-dealkylation sites (tertiary alicyclic amines) is 1. The van der Waals surface area contributed by atoms with E-state index >= 15 is 0 Å². The Morgan fingerprint density at radius 1 is 1.05 bits per heavy atom. The normalized spacial score (nSPS) is 22.8. The van der Waals surface area contributed by atoms with E-state index in [1.165, 1.54) is 37.7 Å². The zero-order chi connectivity index (χ0) is 14.2. The molecule has 1 aromatic rings. The van der Waals surface area contributed by atoms with Crippen molar-refractivity contribution in [2.45, 2.75) is 63.5 Å². The fourth-order valence-corrected chi connectivity index (χ4v) is 3.57. The molecule has 1 unspecified atom stereocenters. The van der Waals surface area contributed by atoms with Gasteiger partial charge in [0.1, 0.15) is 0 Å². The molecule has 2 fully saturated rings. The topological polar surface area (TPSA) is 23.5 Å². The van der Waals surface area contributed by atoms with Gasteiger partial charge in [-0.15, -0.1) is 0 Å². The summed E-state index contributed by atoms with van der Waals surface area (Å²) in [4.78, 5) is 2.43. The molecule has 0 bridgehead atoms. The minimum atomic E-state index is -0.406. The highest BCUT2D eigenvalue weighted by molar-refractivity contribution is 5.29. The van der Waals surface area contributed by atoms with Crippen LogP contribution in [-0.4, -0.2) is 28.6 Å². The van der Waals surface area contributed by atoms with E-state index in [9.17, 15) is 5.11 Å². The minimum Gasteiger partial charge on any atom is -0.386 e. The lowest BCUT2D eigenvalue weighted by Gasteiger charge is -2.39. The highest BCUT2D eigenvalue weighted by Gasteiger charge is 2.36. The van der Waals surface area contributed by atoms with Crippen molar-refractivity contribution < 1.29 is 5.11 Å². The maximum Gasteiger partial charge on any atom is 0.0968 e. The Morgan fingerprint density at radius 3 is 2.15 bits per heavy atom. The summed E-state index contributed by atoms with van der Waals surface area (Å²) in [7, 11) is 0. The van der Waals surface area contributed by atoms with E-state index in [-0.39, 0.29) is 5.54 Å². The molecule has 3 rings (SSSR count). The minimum absolute atomic E-state index is 0.172. The van der Waals surface area contributed by atoms with E-state index in [4.69, 9.17) is 0 Å². The first-order valence-electron chi connectivity index (χ1n) is 8.12. The molecule has 0 radical (unpaired) electrons. The molecule has 20 heavy (non-hydrogen) atoms. The van der Waals surface area contributed by atoms with Crippen LogP contribution in [-0.2, 0) is 0 Å². The molecule has 0 amide bonds. The Kier molecular flexibility index (Phi) is 3.87. The summed E-state index contributed by atoms with van der Waals surface area (Å²) in [6.45, 7) is 6.57. The second-order valence-electron chi connectivity index (χ2n) is 7.04. The Hall–Kier alpha value is -0.860. The lowest BCUT2D eigenvalue weighted by Crippen LogP contribution is -2.46. The van der Waals surface area contributed by atoms with Crippen LogP contribution < -0.4 is 0 Å². The van der Waals surface area contributed by atoms with Gasteiger partial charge < -0.3 is 5.11 Å². The van der Waals surface area contributed by atoms with Gasteiger partial charge in [-0.25, -0.2) is 0 Å². The zero-order valence-electron chi connectivity index (χ0n) is 12.8. The number of benzene rings is 1. The maximum absolute atomic E-state index is 10.8. The highest BCUT2D eigenvalue weighted by Crippen LogP contribution is 2.38. The first-order valence-corrected chi connectivity index (χ1v) is 8.12. The standard InChI is InChI=1S/C18H27NO/c1-18(2,19-12-3-4-13-19)17(20)16-10-8-15(9-11-16)14-6-5-7-14/h8-11,14,17,20H,3-7,12-13H2,1-2H3. The molecule has 2 aliphatic rings. The maximum atomic E-state index is 10.8. The predicted molar refractivity (Wildman–Crippen MR) is 82.9 cm³/mol. The molecule has 0 spiro atoms. The van der Waals surface area contributed by atoms with Crippen LogP contribution in [0.25, 0.3) is 0 Å². The predicted octanol–water partition coefficient (Wildman–Crippen LogP) is 3.86. The molecule has 1 saturated heterocycles. The van der Waals surface area contributed by atoms with Gasteiger partial charge >= 0.3 is 0 Å². The molecule has 1 atom stereocenters. The third-order valence-corrected chi connectivity index (χ3v) is 5.42. The molecule has 1 aromatic carbocycles. The van der Waals surface area contributed by atoms with Crippen molar-refractivity contribution in [3.8, 4) is 0 Å². The van der Waals surface area contributed by atoms with Crippen molar-refractivity contribution in [1.82, 2.24) is 4.90 Å². The first kappa shape index (κ1) is 14.1. The summed E-state index contributed by atoms with van der Waals surface area (Å²) in [6.07, 6.45) is 6.16. The van der Waals surface area contributed by atoms with E-state index in [2.05, 4.69) is 43.0 Å². The SMILES string of the molecule is CC(C)(C(O)c1ccc(C2CCC2)cc1)N1CCCC1. The van der Waals surface area contributed by atoms with Crippen LogP contribution in [0, 0.1) is 0 Å². The van der Waals surface area contributed by atoms with Gasteiger partial charge in [-0.05, 0) is 69.7 Å². The van der Waals surface area contributed by atoms with Gasteiger partial charge in [-0.3, -0.25) is 4.90 Å². The average Bonchev–Trinajstić information content (AvgIpc) is 2.91. The summed E-state index contributed by atoms with van der Waals surface area (Å²) in [5, 5.41) is 10.8. The average molecular weight is 273 g/mol. The van der Waals surface area contributed by atoms with Crippen LogP contribution >= 0.6 is 0 Å². The third kappa shape index (κ3) is 2.51. The highest BCUT2D eigenvalue weighted by atomic mass is 16.3. The van der Waals surface area contributed by atoms with E-state index in [1.54, 1.807) is 0 Å². The molecule has 0 aromatic heterocycles.